The lowest BCUT2D eigenvalue weighted by Gasteiger charge is -2.21. The maximum atomic E-state index is 14.9. The summed E-state index contributed by atoms with van der Waals surface area (Å²) in [5.74, 6) is -1.79. The molecule has 186 valence electrons. The summed E-state index contributed by atoms with van der Waals surface area (Å²) >= 11 is 0. The highest BCUT2D eigenvalue weighted by molar-refractivity contribution is 5.66. The Bertz CT molecular complexity index is 989. The molecule has 0 heterocycles. The summed E-state index contributed by atoms with van der Waals surface area (Å²) in [7, 11) is 0. The topological polar surface area (TPSA) is 9.23 Å². The third-order valence-electron chi connectivity index (χ3n) is 8.26. The minimum absolute atomic E-state index is 0.176. The predicted molar refractivity (Wildman–Crippen MR) is 128 cm³/mol. The van der Waals surface area contributed by atoms with Crippen LogP contribution in [0.2, 0.25) is 0 Å². The fourth-order valence-corrected chi connectivity index (χ4v) is 6.55. The molecule has 2 aromatic carbocycles. The van der Waals surface area contributed by atoms with E-state index in [1.807, 2.05) is 0 Å². The van der Waals surface area contributed by atoms with Gasteiger partial charge in [-0.1, -0.05) is 44.7 Å². The number of rotatable bonds is 10. The molecule has 34 heavy (non-hydrogen) atoms. The zero-order valence-electron chi connectivity index (χ0n) is 20.3. The molecule has 0 aromatic heterocycles. The van der Waals surface area contributed by atoms with Crippen LogP contribution in [0.3, 0.4) is 0 Å². The van der Waals surface area contributed by atoms with Gasteiger partial charge in [0.25, 0.3) is 0 Å². The molecule has 0 amide bonds. The van der Waals surface area contributed by atoms with Crippen LogP contribution in [0.5, 0.6) is 5.75 Å². The first-order valence-electron chi connectivity index (χ1n) is 13.0. The lowest BCUT2D eigenvalue weighted by molar-refractivity contribution is 0.290. The minimum Gasteiger partial charge on any atom is -0.491 e. The Balaban J connectivity index is 1.42. The second kappa shape index (κ2) is 11.1. The number of halogens is 4. The minimum atomic E-state index is -1.23. The summed E-state index contributed by atoms with van der Waals surface area (Å²) < 4.78 is 63.7. The van der Waals surface area contributed by atoms with Crippen LogP contribution < -0.4 is 4.74 Å². The maximum Gasteiger partial charge on any atom is 0.201 e. The van der Waals surface area contributed by atoms with Crippen molar-refractivity contribution in [3.8, 4) is 16.9 Å². The average molecular weight is 477 g/mol. The monoisotopic (exact) mass is 476 g/mol. The van der Waals surface area contributed by atoms with Gasteiger partial charge in [-0.05, 0) is 86.8 Å². The van der Waals surface area contributed by atoms with Crippen molar-refractivity contribution in [3.63, 3.8) is 0 Å². The molecule has 0 spiro atoms. The van der Waals surface area contributed by atoms with Crippen LogP contribution in [0.1, 0.15) is 77.2 Å². The molecule has 2 aromatic rings. The van der Waals surface area contributed by atoms with Crippen LogP contribution in [0.15, 0.2) is 24.3 Å². The van der Waals surface area contributed by atoms with E-state index in [0.717, 1.165) is 24.2 Å². The summed E-state index contributed by atoms with van der Waals surface area (Å²) in [4.78, 5) is 0. The number of aryl methyl sites for hydroxylation is 1. The van der Waals surface area contributed by atoms with E-state index >= 15 is 0 Å². The Labute approximate surface area is 200 Å². The molecule has 2 fully saturated rings. The quantitative estimate of drug-likeness (QED) is 0.246. The average Bonchev–Trinajstić information content (AvgIpc) is 3.42. The molecule has 5 heteroatoms. The van der Waals surface area contributed by atoms with Gasteiger partial charge in [0, 0.05) is 11.1 Å². The van der Waals surface area contributed by atoms with Crippen molar-refractivity contribution in [1.29, 1.82) is 0 Å². The zero-order chi connectivity index (χ0) is 24.2. The molecular formula is C29H36F4O. The number of hydrogen-bond acceptors (Lipinski definition) is 1. The third kappa shape index (κ3) is 4.99. The smallest absolute Gasteiger partial charge is 0.201 e. The van der Waals surface area contributed by atoms with Gasteiger partial charge in [-0.15, -0.1) is 0 Å². The van der Waals surface area contributed by atoms with Crippen molar-refractivity contribution >= 4 is 0 Å². The fraction of sp³-hybridized carbons (Fsp3) is 0.586. The first-order valence-corrected chi connectivity index (χ1v) is 13.0. The van der Waals surface area contributed by atoms with Crippen LogP contribution in [0.25, 0.3) is 11.1 Å². The van der Waals surface area contributed by atoms with E-state index in [2.05, 4.69) is 6.92 Å². The Hall–Kier alpha value is -2.04. The van der Waals surface area contributed by atoms with Gasteiger partial charge in [-0.25, -0.2) is 13.2 Å². The molecule has 2 aliphatic rings. The Morgan fingerprint density at radius 2 is 1.32 bits per heavy atom. The molecule has 1 nitrogen and oxygen atoms in total. The Kier molecular flexibility index (Phi) is 8.21. The molecule has 2 aliphatic carbocycles. The summed E-state index contributed by atoms with van der Waals surface area (Å²) in [6.07, 6.45) is 11.6. The molecule has 4 unspecified atom stereocenters. The van der Waals surface area contributed by atoms with Gasteiger partial charge in [0.15, 0.2) is 23.2 Å². The van der Waals surface area contributed by atoms with Gasteiger partial charge < -0.3 is 4.74 Å². The second-order valence-electron chi connectivity index (χ2n) is 10.1. The third-order valence-corrected chi connectivity index (χ3v) is 8.26. The summed E-state index contributed by atoms with van der Waals surface area (Å²) in [6.45, 7) is 4.07. The molecule has 4 rings (SSSR count). The highest BCUT2D eigenvalue weighted by atomic mass is 19.2. The lowest BCUT2D eigenvalue weighted by atomic mass is 9.84. The number of hydrogen-bond donors (Lipinski definition) is 0. The van der Waals surface area contributed by atoms with Gasteiger partial charge in [0.1, 0.15) is 0 Å². The molecule has 0 bridgehead atoms. The van der Waals surface area contributed by atoms with Crippen molar-refractivity contribution in [2.24, 2.45) is 23.7 Å². The fourth-order valence-electron chi connectivity index (χ4n) is 6.55. The van der Waals surface area contributed by atoms with Crippen LogP contribution in [-0.2, 0) is 6.42 Å². The van der Waals surface area contributed by atoms with Gasteiger partial charge in [0.2, 0.25) is 5.82 Å². The van der Waals surface area contributed by atoms with Crippen molar-refractivity contribution in [1.82, 2.24) is 0 Å². The van der Waals surface area contributed by atoms with Crippen LogP contribution in [0, 0.1) is 46.9 Å². The van der Waals surface area contributed by atoms with Crippen molar-refractivity contribution in [3.05, 3.63) is 53.1 Å². The molecular weight excluding hydrogens is 440 g/mol. The zero-order valence-corrected chi connectivity index (χ0v) is 20.3. The SMILES string of the molecule is CCCCCC1CCC2C(CCc3ccc(-c4ccc(OCC)c(F)c4F)c(F)c3F)CCC12. The van der Waals surface area contributed by atoms with E-state index in [-0.39, 0.29) is 23.5 Å². The van der Waals surface area contributed by atoms with E-state index in [0.29, 0.717) is 17.9 Å². The van der Waals surface area contributed by atoms with Crippen molar-refractivity contribution in [2.45, 2.75) is 78.1 Å². The highest BCUT2D eigenvalue weighted by Gasteiger charge is 2.43. The van der Waals surface area contributed by atoms with E-state index in [4.69, 9.17) is 4.74 Å². The number of ether oxygens (including phenoxy) is 1. The molecule has 4 atom stereocenters. The molecule has 0 aliphatic heterocycles. The molecule has 0 radical (unpaired) electrons. The highest BCUT2D eigenvalue weighted by Crippen LogP contribution is 2.53. The molecule has 0 N–H and O–H groups in total. The van der Waals surface area contributed by atoms with Crippen LogP contribution in [-0.4, -0.2) is 6.61 Å². The van der Waals surface area contributed by atoms with E-state index in [1.54, 1.807) is 6.92 Å². The molecule has 2 saturated carbocycles. The number of unbranched alkanes of at least 4 members (excludes halogenated alkanes) is 2. The van der Waals surface area contributed by atoms with E-state index in [1.165, 1.54) is 75.6 Å². The number of fused-ring (bicyclic) bond motifs is 1. The second-order valence-corrected chi connectivity index (χ2v) is 10.1. The van der Waals surface area contributed by atoms with Gasteiger partial charge >= 0.3 is 0 Å². The van der Waals surface area contributed by atoms with Crippen LogP contribution in [0.4, 0.5) is 17.6 Å². The van der Waals surface area contributed by atoms with Gasteiger partial charge in [0.05, 0.1) is 6.61 Å². The largest absolute Gasteiger partial charge is 0.491 e. The summed E-state index contributed by atoms with van der Waals surface area (Å²) in [5.41, 5.74) is -0.260. The van der Waals surface area contributed by atoms with E-state index in [9.17, 15) is 17.6 Å². The van der Waals surface area contributed by atoms with E-state index < -0.39 is 23.3 Å². The molecule has 0 saturated heterocycles. The van der Waals surface area contributed by atoms with Gasteiger partial charge in [-0.2, -0.15) is 4.39 Å². The number of benzene rings is 2. The maximum absolute atomic E-state index is 14.9. The van der Waals surface area contributed by atoms with Crippen molar-refractivity contribution < 1.29 is 22.3 Å². The van der Waals surface area contributed by atoms with Gasteiger partial charge in [-0.3, -0.25) is 0 Å². The van der Waals surface area contributed by atoms with Crippen molar-refractivity contribution in [2.75, 3.05) is 6.61 Å². The normalized spacial score (nSPS) is 23.9. The summed E-state index contributed by atoms with van der Waals surface area (Å²) in [6, 6.07) is 5.37. The first kappa shape index (κ1) is 25.1. The standard InChI is InChI=1S/C29H36F4O/c1-3-5-6-7-18-10-13-22-19(11-14-21(18)22)8-9-20-12-15-23(27(31)26(20)30)24-16-17-25(34-4-2)29(33)28(24)32/h12,15-19,21-22H,3-11,13-14H2,1-2H3. The predicted octanol–water partition coefficient (Wildman–Crippen LogP) is 8.87. The Morgan fingerprint density at radius 3 is 1.97 bits per heavy atom. The Morgan fingerprint density at radius 1 is 0.706 bits per heavy atom. The lowest BCUT2D eigenvalue weighted by Crippen LogP contribution is -2.14. The first-order chi connectivity index (χ1) is 16.5. The van der Waals surface area contributed by atoms with Crippen LogP contribution >= 0.6 is 0 Å². The summed E-state index contributed by atoms with van der Waals surface area (Å²) in [5, 5.41) is 0.